The van der Waals surface area contributed by atoms with E-state index in [2.05, 4.69) is 34.0 Å². The minimum Gasteiger partial charge on any atom is -0.368 e. The number of hydrogen-bond acceptors (Lipinski definition) is 5. The number of anilines is 1. The van der Waals surface area contributed by atoms with Gasteiger partial charge in [0.05, 0.1) is 23.3 Å². The van der Waals surface area contributed by atoms with Crippen molar-refractivity contribution in [2.75, 3.05) is 31.1 Å². The van der Waals surface area contributed by atoms with Crippen LogP contribution in [0.1, 0.15) is 52.0 Å². The van der Waals surface area contributed by atoms with E-state index in [1.165, 1.54) is 19.3 Å². The van der Waals surface area contributed by atoms with E-state index >= 15 is 0 Å². The molecule has 0 aromatic carbocycles. The van der Waals surface area contributed by atoms with Crippen LogP contribution in [0.2, 0.25) is 0 Å². The predicted molar refractivity (Wildman–Crippen MR) is 118 cm³/mol. The summed E-state index contributed by atoms with van der Waals surface area (Å²) < 4.78 is 2.36. The Balaban J connectivity index is 1.86. The molecule has 1 aliphatic rings. The minimum absolute atomic E-state index is 0.0162. The Morgan fingerprint density at radius 3 is 2.75 bits per heavy atom. The predicted octanol–water partition coefficient (Wildman–Crippen LogP) is 3.91. The maximum atomic E-state index is 12.8. The lowest BCUT2D eigenvalue weighted by Crippen LogP contribution is -2.43. The second-order valence-corrected chi connectivity index (χ2v) is 7.93. The minimum atomic E-state index is -0.0162. The molecule has 2 aromatic heterocycles. The molecule has 3 rings (SSSR count). The molecule has 2 aromatic rings. The summed E-state index contributed by atoms with van der Waals surface area (Å²) in [4.78, 5) is 22.8. The molecule has 0 amide bonds. The zero-order chi connectivity index (χ0) is 19.9. The number of pyridine rings is 1. The van der Waals surface area contributed by atoms with Crippen LogP contribution in [0.5, 0.6) is 0 Å². The Labute approximate surface area is 172 Å². The van der Waals surface area contributed by atoms with Crippen molar-refractivity contribution in [3.05, 3.63) is 39.7 Å². The van der Waals surface area contributed by atoms with Gasteiger partial charge in [0, 0.05) is 44.5 Å². The van der Waals surface area contributed by atoms with Crippen LogP contribution in [0.15, 0.2) is 29.5 Å². The smallest absolute Gasteiger partial charge is 0.254 e. The monoisotopic (exact) mass is 401 g/mol. The van der Waals surface area contributed by atoms with Crippen molar-refractivity contribution < 1.29 is 0 Å². The normalized spacial score (nSPS) is 15.6. The number of unbranched alkanes of at least 4 members (excludes halogenated alkanes) is 3. The highest BCUT2D eigenvalue weighted by Gasteiger charge is 2.18. The first kappa shape index (κ1) is 20.7. The fourth-order valence-electron chi connectivity index (χ4n) is 3.77. The van der Waals surface area contributed by atoms with Gasteiger partial charge in [0.2, 0.25) is 0 Å². The molecule has 1 unspecified atom stereocenters. The standard InChI is InChI=1S/C21H31N5OS/c1-3-4-5-6-7-16(2)26-15-24-17(14-19(26)27)20-18(8-9-23-21(20)28)25-12-10-22-11-13-25/h8-9,14-16,22H,3-7,10-13H2,1-2H3,(H,23,28). The van der Waals surface area contributed by atoms with Crippen LogP contribution in [0.3, 0.4) is 0 Å². The summed E-state index contributed by atoms with van der Waals surface area (Å²) in [6.45, 7) is 8.01. The van der Waals surface area contributed by atoms with E-state index in [9.17, 15) is 4.79 Å². The highest BCUT2D eigenvalue weighted by Crippen LogP contribution is 2.29. The Kier molecular flexibility index (Phi) is 7.39. The average molecular weight is 402 g/mol. The zero-order valence-corrected chi connectivity index (χ0v) is 17.7. The third-order valence-corrected chi connectivity index (χ3v) is 5.76. The third kappa shape index (κ3) is 4.89. The van der Waals surface area contributed by atoms with Crippen LogP contribution < -0.4 is 15.8 Å². The highest BCUT2D eigenvalue weighted by molar-refractivity contribution is 7.71. The van der Waals surface area contributed by atoms with Crippen LogP contribution in [0.25, 0.3) is 11.3 Å². The number of aromatic nitrogens is 3. The SMILES string of the molecule is CCCCCCC(C)n1cnc(-c2c(N3CCNCC3)cc[nH]c2=S)cc1=O. The zero-order valence-electron chi connectivity index (χ0n) is 16.9. The topological polar surface area (TPSA) is 66.0 Å². The molecule has 152 valence electrons. The molecule has 3 heterocycles. The first-order chi connectivity index (χ1) is 13.6. The lowest BCUT2D eigenvalue weighted by molar-refractivity contribution is 0.457. The molecule has 1 fully saturated rings. The van der Waals surface area contributed by atoms with Gasteiger partial charge in [-0.05, 0) is 19.4 Å². The Morgan fingerprint density at radius 2 is 2.04 bits per heavy atom. The second-order valence-electron chi connectivity index (χ2n) is 7.52. The van der Waals surface area contributed by atoms with Gasteiger partial charge in [-0.25, -0.2) is 4.98 Å². The summed E-state index contributed by atoms with van der Waals surface area (Å²) in [6.07, 6.45) is 9.37. The Hall–Kier alpha value is -1.99. The van der Waals surface area contributed by atoms with Gasteiger partial charge in [0.25, 0.3) is 5.56 Å². The molecule has 2 N–H and O–H groups in total. The van der Waals surface area contributed by atoms with Gasteiger partial charge in [-0.2, -0.15) is 0 Å². The van der Waals surface area contributed by atoms with Crippen molar-refractivity contribution in [1.29, 1.82) is 0 Å². The number of piperazine rings is 1. The van der Waals surface area contributed by atoms with E-state index in [0.717, 1.165) is 50.3 Å². The van der Waals surface area contributed by atoms with E-state index in [1.54, 1.807) is 17.0 Å². The molecule has 0 bridgehead atoms. The number of nitrogens with zero attached hydrogens (tertiary/aromatic N) is 3. The van der Waals surface area contributed by atoms with E-state index in [0.29, 0.717) is 10.3 Å². The molecule has 0 aliphatic carbocycles. The first-order valence-corrected chi connectivity index (χ1v) is 10.8. The number of rotatable bonds is 8. The Morgan fingerprint density at radius 1 is 1.25 bits per heavy atom. The van der Waals surface area contributed by atoms with Crippen molar-refractivity contribution in [3.63, 3.8) is 0 Å². The third-order valence-electron chi connectivity index (χ3n) is 5.44. The van der Waals surface area contributed by atoms with Crippen LogP contribution in [-0.2, 0) is 0 Å². The summed E-state index contributed by atoms with van der Waals surface area (Å²) >= 11 is 5.55. The number of aromatic amines is 1. The molecule has 0 spiro atoms. The molecule has 1 aliphatic heterocycles. The van der Waals surface area contributed by atoms with Crippen LogP contribution in [0.4, 0.5) is 5.69 Å². The summed E-state index contributed by atoms with van der Waals surface area (Å²) in [6, 6.07) is 3.82. The van der Waals surface area contributed by atoms with E-state index in [4.69, 9.17) is 12.2 Å². The van der Waals surface area contributed by atoms with Crippen molar-refractivity contribution in [2.24, 2.45) is 0 Å². The van der Waals surface area contributed by atoms with Crippen molar-refractivity contribution in [3.8, 4) is 11.3 Å². The fourth-order valence-corrected chi connectivity index (χ4v) is 4.05. The van der Waals surface area contributed by atoms with Gasteiger partial charge in [-0.3, -0.25) is 9.36 Å². The number of hydrogen-bond donors (Lipinski definition) is 2. The molecular weight excluding hydrogens is 370 g/mol. The molecular formula is C21H31N5OS. The molecule has 0 radical (unpaired) electrons. The second kappa shape index (κ2) is 9.98. The average Bonchev–Trinajstić information content (AvgIpc) is 2.71. The van der Waals surface area contributed by atoms with Crippen molar-refractivity contribution in [2.45, 2.75) is 52.0 Å². The van der Waals surface area contributed by atoms with Crippen molar-refractivity contribution in [1.82, 2.24) is 19.9 Å². The summed E-state index contributed by atoms with van der Waals surface area (Å²) in [5.74, 6) is 0. The number of nitrogens with one attached hydrogen (secondary N) is 2. The van der Waals surface area contributed by atoms with Gasteiger partial charge in [0.15, 0.2) is 0 Å². The summed E-state index contributed by atoms with van der Waals surface area (Å²) in [5, 5.41) is 3.37. The molecule has 28 heavy (non-hydrogen) atoms. The maximum absolute atomic E-state index is 12.8. The van der Waals surface area contributed by atoms with E-state index in [-0.39, 0.29) is 11.6 Å². The van der Waals surface area contributed by atoms with Gasteiger partial charge < -0.3 is 15.2 Å². The molecule has 1 atom stereocenters. The largest absolute Gasteiger partial charge is 0.368 e. The summed E-state index contributed by atoms with van der Waals surface area (Å²) in [5.41, 5.74) is 2.52. The molecule has 1 saturated heterocycles. The summed E-state index contributed by atoms with van der Waals surface area (Å²) in [7, 11) is 0. The lowest BCUT2D eigenvalue weighted by Gasteiger charge is -2.31. The number of H-pyrrole nitrogens is 1. The van der Waals surface area contributed by atoms with Crippen LogP contribution >= 0.6 is 12.2 Å². The Bertz CT molecular complexity index is 885. The molecule has 0 saturated carbocycles. The quantitative estimate of drug-likeness (QED) is 0.519. The van der Waals surface area contributed by atoms with E-state index in [1.807, 2.05) is 12.3 Å². The lowest BCUT2D eigenvalue weighted by atomic mass is 10.1. The van der Waals surface area contributed by atoms with Gasteiger partial charge in [-0.15, -0.1) is 0 Å². The maximum Gasteiger partial charge on any atom is 0.254 e. The van der Waals surface area contributed by atoms with Crippen LogP contribution in [0, 0.1) is 4.64 Å². The van der Waals surface area contributed by atoms with Crippen LogP contribution in [-0.4, -0.2) is 40.7 Å². The first-order valence-electron chi connectivity index (χ1n) is 10.4. The van der Waals surface area contributed by atoms with Gasteiger partial charge in [-0.1, -0.05) is 44.8 Å². The molecule has 7 heteroatoms. The fraction of sp³-hybridized carbons (Fsp3) is 0.571. The van der Waals surface area contributed by atoms with Crippen molar-refractivity contribution >= 4 is 17.9 Å². The molecule has 6 nitrogen and oxygen atoms in total. The van der Waals surface area contributed by atoms with E-state index < -0.39 is 0 Å². The highest BCUT2D eigenvalue weighted by atomic mass is 32.1. The van der Waals surface area contributed by atoms with Gasteiger partial charge in [0.1, 0.15) is 4.64 Å². The van der Waals surface area contributed by atoms with Gasteiger partial charge >= 0.3 is 0 Å².